The second kappa shape index (κ2) is 11.4. The summed E-state index contributed by atoms with van der Waals surface area (Å²) in [4.78, 5) is 12.5. The van der Waals surface area contributed by atoms with Gasteiger partial charge in [0.25, 0.3) is 0 Å². The molecule has 0 spiro atoms. The predicted molar refractivity (Wildman–Crippen MR) is 123 cm³/mol. The van der Waals surface area contributed by atoms with Crippen LogP contribution in [0.15, 0.2) is 53.7 Å². The quantitative estimate of drug-likeness (QED) is 0.272. The Labute approximate surface area is 203 Å². The molecule has 0 aliphatic heterocycles. The number of rotatable bonds is 10. The Kier molecular flexibility index (Phi) is 8.60. The molecule has 1 heterocycles. The van der Waals surface area contributed by atoms with Gasteiger partial charge in [-0.25, -0.2) is 4.39 Å². The smallest absolute Gasteiger partial charge is 0.480 e. The Bertz CT molecular complexity index is 1150. The van der Waals surface area contributed by atoms with Crippen molar-refractivity contribution >= 4 is 23.4 Å². The zero-order valence-electron chi connectivity index (χ0n) is 19.2. The lowest BCUT2D eigenvalue weighted by Gasteiger charge is -2.18. The summed E-state index contributed by atoms with van der Waals surface area (Å²) in [6.45, 7) is 6.21. The number of hydrogen-bond donors (Lipinski definition) is 1. The van der Waals surface area contributed by atoms with Crippen LogP contribution in [-0.2, 0) is 11.3 Å². The fraction of sp³-hybridized carbons (Fsp3) is 0.348. The van der Waals surface area contributed by atoms with Gasteiger partial charge in [-0.05, 0) is 37.1 Å². The number of amides is 1. The van der Waals surface area contributed by atoms with Crippen molar-refractivity contribution in [2.24, 2.45) is 5.92 Å². The van der Waals surface area contributed by atoms with Gasteiger partial charge in [0.15, 0.2) is 34.4 Å². The number of carbonyl (C=O) groups excluding carboxylic acids is 1. The van der Waals surface area contributed by atoms with Gasteiger partial charge in [-0.15, -0.1) is 23.4 Å². The Balaban J connectivity index is 1.71. The van der Waals surface area contributed by atoms with Crippen molar-refractivity contribution in [3.8, 4) is 11.5 Å². The summed E-state index contributed by atoms with van der Waals surface area (Å²) in [7, 11) is 0. The molecule has 1 aromatic heterocycles. The minimum absolute atomic E-state index is 0.0763. The van der Waals surface area contributed by atoms with Crippen LogP contribution in [0.5, 0.6) is 11.5 Å². The van der Waals surface area contributed by atoms with Gasteiger partial charge in [-0.1, -0.05) is 49.9 Å². The number of halogens is 4. The highest BCUT2D eigenvalue weighted by Crippen LogP contribution is 2.31. The lowest BCUT2D eigenvalue weighted by Crippen LogP contribution is -2.20. The normalized spacial score (nSPS) is 12.5. The first-order valence-electron chi connectivity index (χ1n) is 10.6. The first kappa shape index (κ1) is 26.3. The van der Waals surface area contributed by atoms with Crippen LogP contribution in [-0.4, -0.2) is 32.8 Å². The molecular weight excluding hydrogens is 488 g/mol. The van der Waals surface area contributed by atoms with Gasteiger partial charge in [0.05, 0.1) is 11.4 Å². The highest BCUT2D eigenvalue weighted by atomic mass is 32.2. The van der Waals surface area contributed by atoms with Crippen molar-refractivity contribution in [2.75, 3.05) is 11.1 Å². The minimum atomic E-state index is -4.89. The zero-order valence-corrected chi connectivity index (χ0v) is 20.0. The third-order valence-electron chi connectivity index (χ3n) is 4.52. The summed E-state index contributed by atoms with van der Waals surface area (Å²) in [6.07, 6.45) is -5.52. The van der Waals surface area contributed by atoms with Gasteiger partial charge in [-0.2, -0.15) is 0 Å². The van der Waals surface area contributed by atoms with Crippen LogP contribution in [0.2, 0.25) is 0 Å². The number of thioether (sulfide) groups is 1. The van der Waals surface area contributed by atoms with E-state index in [9.17, 15) is 22.4 Å². The summed E-state index contributed by atoms with van der Waals surface area (Å²) >= 11 is 1.07. The number of nitrogens with one attached hydrogen (secondary N) is 1. The molecule has 3 rings (SSSR count). The molecule has 0 aliphatic rings. The molecular formula is C23H24F4N4O3S. The first-order valence-corrected chi connectivity index (χ1v) is 11.6. The maximum absolute atomic E-state index is 14.0. The van der Waals surface area contributed by atoms with Crippen LogP contribution in [0.4, 0.5) is 23.2 Å². The molecule has 0 radical (unpaired) electrons. The number of anilines is 1. The number of benzene rings is 2. The standard InChI is InChI=1S/C23H24F4N4O3S/c1-14(2)12-31-21(15(3)33-18-10-6-4-8-16(18)24)29-30-22(31)35-13-20(32)28-17-9-5-7-11-19(17)34-23(25,26)27/h4-11,14-15H,12-13H2,1-3H3,(H,28,32). The molecule has 2 aromatic carbocycles. The van der Waals surface area contributed by atoms with E-state index in [1.165, 1.54) is 30.3 Å². The molecule has 0 saturated heterocycles. The van der Waals surface area contributed by atoms with Crippen LogP contribution in [0.1, 0.15) is 32.7 Å². The molecule has 7 nitrogen and oxygen atoms in total. The van der Waals surface area contributed by atoms with Crippen LogP contribution in [0, 0.1) is 11.7 Å². The molecule has 188 valence electrons. The highest BCUT2D eigenvalue weighted by molar-refractivity contribution is 7.99. The van der Waals surface area contributed by atoms with E-state index < -0.39 is 29.9 Å². The van der Waals surface area contributed by atoms with Crippen LogP contribution < -0.4 is 14.8 Å². The molecule has 3 aromatic rings. The number of carbonyl (C=O) groups is 1. The van der Waals surface area contributed by atoms with Gasteiger partial charge < -0.3 is 19.4 Å². The fourth-order valence-electron chi connectivity index (χ4n) is 3.13. The van der Waals surface area contributed by atoms with Crippen LogP contribution in [0.3, 0.4) is 0 Å². The van der Waals surface area contributed by atoms with E-state index in [4.69, 9.17) is 4.74 Å². The summed E-state index contributed by atoms with van der Waals surface area (Å²) < 4.78 is 63.3. The van der Waals surface area contributed by atoms with E-state index in [2.05, 4.69) is 20.3 Å². The average Bonchev–Trinajstić information content (AvgIpc) is 3.16. The van der Waals surface area contributed by atoms with E-state index in [1.807, 2.05) is 13.8 Å². The predicted octanol–water partition coefficient (Wildman–Crippen LogP) is 5.84. The molecule has 0 bridgehead atoms. The lowest BCUT2D eigenvalue weighted by atomic mass is 10.2. The third kappa shape index (κ3) is 7.61. The van der Waals surface area contributed by atoms with Crippen LogP contribution >= 0.6 is 11.8 Å². The number of nitrogens with zero attached hydrogens (tertiary/aromatic N) is 3. The van der Waals surface area contributed by atoms with Crippen molar-refractivity contribution in [3.05, 3.63) is 60.2 Å². The Hall–Kier alpha value is -3.28. The third-order valence-corrected chi connectivity index (χ3v) is 5.48. The van der Waals surface area contributed by atoms with Crippen molar-refractivity contribution in [3.63, 3.8) is 0 Å². The monoisotopic (exact) mass is 512 g/mol. The SMILES string of the molecule is CC(C)Cn1c(SCC(=O)Nc2ccccc2OC(F)(F)F)nnc1C(C)Oc1ccccc1F. The molecule has 1 atom stereocenters. The number of ether oxygens (including phenoxy) is 2. The first-order chi connectivity index (χ1) is 16.5. The van der Waals surface area contributed by atoms with Crippen LogP contribution in [0.25, 0.3) is 0 Å². The number of aromatic nitrogens is 3. The van der Waals surface area contributed by atoms with Gasteiger partial charge in [0, 0.05) is 6.54 Å². The maximum atomic E-state index is 14.0. The minimum Gasteiger partial charge on any atom is -0.480 e. The van der Waals surface area contributed by atoms with Gasteiger partial charge in [0.2, 0.25) is 5.91 Å². The maximum Gasteiger partial charge on any atom is 0.573 e. The van der Waals surface area contributed by atoms with Gasteiger partial charge >= 0.3 is 6.36 Å². The summed E-state index contributed by atoms with van der Waals surface area (Å²) in [5.41, 5.74) is -0.105. The topological polar surface area (TPSA) is 78.3 Å². The van der Waals surface area contributed by atoms with Gasteiger partial charge in [-0.3, -0.25) is 4.79 Å². The summed E-state index contributed by atoms with van der Waals surface area (Å²) in [5.74, 6) is -0.979. The highest BCUT2D eigenvalue weighted by Gasteiger charge is 2.32. The van der Waals surface area contributed by atoms with Crippen molar-refractivity contribution in [1.29, 1.82) is 0 Å². The average molecular weight is 513 g/mol. The fourth-order valence-corrected chi connectivity index (χ4v) is 3.88. The molecule has 1 N–H and O–H groups in total. The molecule has 1 amide bonds. The lowest BCUT2D eigenvalue weighted by molar-refractivity contribution is -0.274. The Morgan fingerprint density at radius 3 is 2.37 bits per heavy atom. The zero-order chi connectivity index (χ0) is 25.6. The van der Waals surface area contributed by atoms with Crippen molar-refractivity contribution in [2.45, 2.75) is 44.9 Å². The molecule has 35 heavy (non-hydrogen) atoms. The Morgan fingerprint density at radius 1 is 1.06 bits per heavy atom. The largest absolute Gasteiger partial charge is 0.573 e. The van der Waals surface area contributed by atoms with E-state index in [1.54, 1.807) is 23.6 Å². The van der Waals surface area contributed by atoms with E-state index in [0.29, 0.717) is 17.5 Å². The number of para-hydroxylation sites is 3. The molecule has 0 saturated carbocycles. The second-order valence-electron chi connectivity index (χ2n) is 7.92. The van der Waals surface area contributed by atoms with E-state index in [0.717, 1.165) is 17.8 Å². The molecule has 12 heteroatoms. The second-order valence-corrected chi connectivity index (χ2v) is 8.86. The van der Waals surface area contributed by atoms with Crippen molar-refractivity contribution < 1.29 is 31.8 Å². The number of alkyl halides is 3. The summed E-state index contributed by atoms with van der Waals surface area (Å²) in [5, 5.41) is 11.2. The Morgan fingerprint density at radius 2 is 1.71 bits per heavy atom. The molecule has 0 aliphatic carbocycles. The van der Waals surface area contributed by atoms with E-state index >= 15 is 0 Å². The van der Waals surface area contributed by atoms with Crippen molar-refractivity contribution in [1.82, 2.24) is 14.8 Å². The molecule has 0 fully saturated rings. The molecule has 1 unspecified atom stereocenters. The van der Waals surface area contributed by atoms with Gasteiger partial charge in [0.1, 0.15) is 0 Å². The number of hydrogen-bond acceptors (Lipinski definition) is 6. The van der Waals surface area contributed by atoms with E-state index in [-0.39, 0.29) is 23.1 Å². The summed E-state index contributed by atoms with van der Waals surface area (Å²) in [6, 6.07) is 11.3.